The highest BCUT2D eigenvalue weighted by atomic mass is 19.4. The molecule has 0 aromatic heterocycles. The van der Waals surface area contributed by atoms with Crippen molar-refractivity contribution in [1.29, 1.82) is 0 Å². The Bertz CT molecular complexity index is 431. The van der Waals surface area contributed by atoms with Gasteiger partial charge < -0.3 is 14.7 Å². The number of rotatable bonds is 6. The first-order valence-electron chi connectivity index (χ1n) is 6.07. The Balaban J connectivity index is 2.83. The van der Waals surface area contributed by atoms with Gasteiger partial charge in [0.15, 0.2) is 0 Å². The zero-order valence-electron chi connectivity index (χ0n) is 11.0. The minimum absolute atomic E-state index is 0.117. The molecule has 1 aromatic rings. The van der Waals surface area contributed by atoms with E-state index in [4.69, 9.17) is 9.84 Å². The molecule has 7 heteroatoms. The molecule has 0 aliphatic carbocycles. The molecular weight excluding hydrogens is 275 g/mol. The van der Waals surface area contributed by atoms with Gasteiger partial charge in [-0.1, -0.05) is 0 Å². The van der Waals surface area contributed by atoms with Crippen molar-refractivity contribution in [2.75, 3.05) is 26.3 Å². The second-order valence-electron chi connectivity index (χ2n) is 4.02. The first-order valence-corrected chi connectivity index (χ1v) is 6.07. The number of amides is 1. The van der Waals surface area contributed by atoms with Crippen LogP contribution in [0.3, 0.4) is 0 Å². The summed E-state index contributed by atoms with van der Waals surface area (Å²) in [5.74, 6) is -0.243. The van der Waals surface area contributed by atoms with Gasteiger partial charge in [0, 0.05) is 12.1 Å². The number of alkyl halides is 3. The second-order valence-corrected chi connectivity index (χ2v) is 4.02. The predicted octanol–water partition coefficient (Wildman–Crippen LogP) is 2.08. The van der Waals surface area contributed by atoms with E-state index in [1.165, 1.54) is 24.3 Å². The highest BCUT2D eigenvalue weighted by Gasteiger charge is 2.33. The molecule has 0 radical (unpaired) electrons. The number of hydrogen-bond donors (Lipinski definition) is 1. The Kier molecular flexibility index (Phi) is 5.82. The number of carbonyl (C=O) groups excluding carboxylic acids is 1. The van der Waals surface area contributed by atoms with Crippen LogP contribution in [0, 0.1) is 0 Å². The highest BCUT2D eigenvalue weighted by molar-refractivity contribution is 5.94. The van der Waals surface area contributed by atoms with Crippen LogP contribution in [0.2, 0.25) is 0 Å². The SMILES string of the molecule is CCOc1ccc(C(=O)N(CCO)CC(F)(F)F)cc1. The monoisotopic (exact) mass is 291 g/mol. The number of carbonyl (C=O) groups is 1. The number of benzene rings is 1. The largest absolute Gasteiger partial charge is 0.494 e. The van der Waals surface area contributed by atoms with E-state index in [-0.39, 0.29) is 12.1 Å². The Morgan fingerprint density at radius 2 is 1.90 bits per heavy atom. The standard InChI is InChI=1S/C13H16F3NO3/c1-2-20-11-5-3-10(4-6-11)12(19)17(7-8-18)9-13(14,15)16/h3-6,18H,2,7-9H2,1H3. The van der Waals surface area contributed by atoms with Crippen molar-refractivity contribution < 1.29 is 27.8 Å². The zero-order chi connectivity index (χ0) is 15.2. The van der Waals surface area contributed by atoms with Crippen molar-refractivity contribution in [2.24, 2.45) is 0 Å². The van der Waals surface area contributed by atoms with Crippen LogP contribution in [0.25, 0.3) is 0 Å². The molecule has 1 N–H and O–H groups in total. The van der Waals surface area contributed by atoms with Gasteiger partial charge in [-0.15, -0.1) is 0 Å². The fourth-order valence-corrected chi connectivity index (χ4v) is 1.63. The van der Waals surface area contributed by atoms with Crippen LogP contribution in [0.1, 0.15) is 17.3 Å². The molecule has 0 unspecified atom stereocenters. The van der Waals surface area contributed by atoms with Crippen LogP contribution in [0.15, 0.2) is 24.3 Å². The van der Waals surface area contributed by atoms with Crippen molar-refractivity contribution in [2.45, 2.75) is 13.1 Å². The average molecular weight is 291 g/mol. The predicted molar refractivity (Wildman–Crippen MR) is 66.7 cm³/mol. The van der Waals surface area contributed by atoms with Gasteiger partial charge in [-0.3, -0.25) is 4.79 Å². The van der Waals surface area contributed by atoms with E-state index in [1.54, 1.807) is 6.92 Å². The van der Waals surface area contributed by atoms with Crippen LogP contribution in [0.5, 0.6) is 5.75 Å². The summed E-state index contributed by atoms with van der Waals surface area (Å²) in [6.45, 7) is -0.0343. The summed E-state index contributed by atoms with van der Waals surface area (Å²) >= 11 is 0. The molecule has 0 aliphatic rings. The van der Waals surface area contributed by atoms with Gasteiger partial charge in [-0.2, -0.15) is 13.2 Å². The first-order chi connectivity index (χ1) is 9.37. The molecule has 0 saturated carbocycles. The highest BCUT2D eigenvalue weighted by Crippen LogP contribution is 2.19. The summed E-state index contributed by atoms with van der Waals surface area (Å²) < 4.78 is 42.3. The van der Waals surface area contributed by atoms with Crippen LogP contribution in [-0.4, -0.2) is 48.4 Å². The number of nitrogens with zero attached hydrogens (tertiary/aromatic N) is 1. The molecule has 20 heavy (non-hydrogen) atoms. The lowest BCUT2D eigenvalue weighted by molar-refractivity contribution is -0.141. The molecule has 4 nitrogen and oxygen atoms in total. The van der Waals surface area contributed by atoms with E-state index in [0.29, 0.717) is 17.3 Å². The van der Waals surface area contributed by atoms with E-state index in [9.17, 15) is 18.0 Å². The summed E-state index contributed by atoms with van der Waals surface area (Å²) in [7, 11) is 0. The van der Waals surface area contributed by atoms with Gasteiger partial charge in [0.2, 0.25) is 0 Å². The van der Waals surface area contributed by atoms with Gasteiger partial charge in [-0.25, -0.2) is 0 Å². The molecule has 0 heterocycles. The molecule has 0 fully saturated rings. The molecule has 0 spiro atoms. The molecule has 1 amide bonds. The summed E-state index contributed by atoms with van der Waals surface area (Å²) in [4.78, 5) is 12.5. The quantitative estimate of drug-likeness (QED) is 0.873. The van der Waals surface area contributed by atoms with Gasteiger partial charge in [0.1, 0.15) is 12.3 Å². The lowest BCUT2D eigenvalue weighted by atomic mass is 10.2. The lowest BCUT2D eigenvalue weighted by Crippen LogP contribution is -2.40. The molecule has 1 aromatic carbocycles. The maximum Gasteiger partial charge on any atom is 0.406 e. The molecule has 0 aliphatic heterocycles. The number of ether oxygens (including phenoxy) is 1. The Hall–Kier alpha value is -1.76. The van der Waals surface area contributed by atoms with E-state index in [1.807, 2.05) is 0 Å². The molecule has 0 saturated heterocycles. The Morgan fingerprint density at radius 1 is 1.30 bits per heavy atom. The van der Waals surface area contributed by atoms with Crippen molar-refractivity contribution in [3.63, 3.8) is 0 Å². The van der Waals surface area contributed by atoms with Crippen LogP contribution in [0.4, 0.5) is 13.2 Å². The minimum Gasteiger partial charge on any atom is -0.494 e. The Morgan fingerprint density at radius 3 is 2.35 bits per heavy atom. The average Bonchev–Trinajstić information content (AvgIpc) is 2.37. The van der Waals surface area contributed by atoms with Gasteiger partial charge in [0.05, 0.1) is 13.2 Å². The topological polar surface area (TPSA) is 49.8 Å². The van der Waals surface area contributed by atoms with Crippen molar-refractivity contribution in [1.82, 2.24) is 4.90 Å². The van der Waals surface area contributed by atoms with E-state index < -0.39 is 25.2 Å². The van der Waals surface area contributed by atoms with Crippen molar-refractivity contribution in [3.05, 3.63) is 29.8 Å². The number of aliphatic hydroxyl groups is 1. The van der Waals surface area contributed by atoms with Crippen LogP contribution < -0.4 is 4.74 Å². The van der Waals surface area contributed by atoms with E-state index in [0.717, 1.165) is 0 Å². The molecule has 112 valence electrons. The molecule has 1 rings (SSSR count). The smallest absolute Gasteiger partial charge is 0.406 e. The van der Waals surface area contributed by atoms with Crippen LogP contribution >= 0.6 is 0 Å². The van der Waals surface area contributed by atoms with Gasteiger partial charge in [0.25, 0.3) is 5.91 Å². The number of aliphatic hydroxyl groups excluding tert-OH is 1. The summed E-state index contributed by atoms with van der Waals surface area (Å²) in [6.07, 6.45) is -4.50. The third kappa shape index (κ3) is 5.08. The summed E-state index contributed by atoms with van der Waals surface area (Å²) in [5.41, 5.74) is 0.117. The second kappa shape index (κ2) is 7.14. The summed E-state index contributed by atoms with van der Waals surface area (Å²) in [6, 6.07) is 5.82. The summed E-state index contributed by atoms with van der Waals surface area (Å²) in [5, 5.41) is 8.76. The van der Waals surface area contributed by atoms with Gasteiger partial charge >= 0.3 is 6.18 Å². The lowest BCUT2D eigenvalue weighted by Gasteiger charge is -2.23. The number of halogens is 3. The van der Waals surface area contributed by atoms with Gasteiger partial charge in [-0.05, 0) is 31.2 Å². The zero-order valence-corrected chi connectivity index (χ0v) is 11.0. The molecule has 0 bridgehead atoms. The molecule has 0 atom stereocenters. The first kappa shape index (κ1) is 16.3. The molecular formula is C13H16F3NO3. The normalized spacial score (nSPS) is 11.2. The maximum absolute atomic E-state index is 12.4. The maximum atomic E-state index is 12.4. The van der Waals surface area contributed by atoms with E-state index >= 15 is 0 Å². The fourth-order valence-electron chi connectivity index (χ4n) is 1.63. The van der Waals surface area contributed by atoms with Crippen molar-refractivity contribution in [3.8, 4) is 5.75 Å². The Labute approximate surface area is 114 Å². The minimum atomic E-state index is -4.50. The van der Waals surface area contributed by atoms with Crippen LogP contribution in [-0.2, 0) is 0 Å². The number of hydrogen-bond acceptors (Lipinski definition) is 3. The van der Waals surface area contributed by atoms with Crippen molar-refractivity contribution >= 4 is 5.91 Å². The fraction of sp³-hybridized carbons (Fsp3) is 0.462. The third-order valence-corrected chi connectivity index (χ3v) is 2.44. The third-order valence-electron chi connectivity index (χ3n) is 2.44. The van der Waals surface area contributed by atoms with E-state index in [2.05, 4.69) is 0 Å².